The van der Waals surface area contributed by atoms with E-state index in [1.54, 1.807) is 13.2 Å². The third-order valence-corrected chi connectivity index (χ3v) is 3.40. The minimum absolute atomic E-state index is 0.0270. The van der Waals surface area contributed by atoms with Crippen molar-refractivity contribution in [1.82, 2.24) is 4.98 Å². The molecule has 0 unspecified atom stereocenters. The molecule has 7 nitrogen and oxygen atoms in total. The molecule has 104 valence electrons. The Morgan fingerprint density at radius 2 is 2.32 bits per heavy atom. The number of rotatable bonds is 5. The quantitative estimate of drug-likeness (QED) is 0.644. The van der Waals surface area contributed by atoms with Gasteiger partial charge in [0.05, 0.1) is 10.5 Å². The Morgan fingerprint density at radius 1 is 1.58 bits per heavy atom. The molecule has 1 aliphatic heterocycles. The first-order valence-corrected chi connectivity index (χ1v) is 6.13. The number of nitrogens with zero attached hydrogens (tertiary/aromatic N) is 2. The summed E-state index contributed by atoms with van der Waals surface area (Å²) in [5.41, 5.74) is -0.371. The van der Waals surface area contributed by atoms with Crippen LogP contribution in [0.4, 0.5) is 11.5 Å². The molecule has 0 saturated carbocycles. The lowest BCUT2D eigenvalue weighted by atomic mass is 9.94. The molecule has 0 aliphatic carbocycles. The van der Waals surface area contributed by atoms with Crippen LogP contribution in [0.25, 0.3) is 0 Å². The second kappa shape index (κ2) is 5.94. The number of hydrogen-bond acceptors (Lipinski definition) is 6. The summed E-state index contributed by atoms with van der Waals surface area (Å²) in [6.07, 6.45) is 3.05. The molecule has 2 heterocycles. The van der Waals surface area contributed by atoms with Crippen molar-refractivity contribution in [3.05, 3.63) is 28.4 Å². The van der Waals surface area contributed by atoms with Crippen LogP contribution in [-0.4, -0.2) is 42.4 Å². The van der Waals surface area contributed by atoms with Crippen LogP contribution in [0.1, 0.15) is 12.8 Å². The average Bonchev–Trinajstić information content (AvgIpc) is 2.46. The van der Waals surface area contributed by atoms with E-state index in [0.29, 0.717) is 19.8 Å². The highest BCUT2D eigenvalue weighted by molar-refractivity contribution is 5.55. The van der Waals surface area contributed by atoms with Gasteiger partial charge in [-0.25, -0.2) is 4.98 Å². The number of anilines is 1. The fourth-order valence-corrected chi connectivity index (χ4v) is 2.12. The molecule has 0 amide bonds. The smallest absolute Gasteiger partial charge is 0.311 e. The lowest BCUT2D eigenvalue weighted by Gasteiger charge is -2.35. The van der Waals surface area contributed by atoms with Crippen molar-refractivity contribution in [3.8, 4) is 0 Å². The Kier molecular flexibility index (Phi) is 4.28. The molecule has 1 aromatic rings. The van der Waals surface area contributed by atoms with E-state index in [9.17, 15) is 10.1 Å². The van der Waals surface area contributed by atoms with Crippen LogP contribution in [0.3, 0.4) is 0 Å². The Bertz CT molecular complexity index is 446. The van der Waals surface area contributed by atoms with Crippen LogP contribution >= 0.6 is 0 Å². The predicted octanol–water partition coefficient (Wildman–Crippen LogP) is 1.60. The van der Waals surface area contributed by atoms with Crippen LogP contribution < -0.4 is 5.32 Å². The van der Waals surface area contributed by atoms with Crippen molar-refractivity contribution in [3.63, 3.8) is 0 Å². The maximum Gasteiger partial charge on any atom is 0.311 e. The molecule has 0 spiro atoms. The van der Waals surface area contributed by atoms with Gasteiger partial charge in [0.1, 0.15) is 0 Å². The van der Waals surface area contributed by atoms with E-state index in [1.165, 1.54) is 12.3 Å². The van der Waals surface area contributed by atoms with Crippen molar-refractivity contribution in [2.45, 2.75) is 18.4 Å². The van der Waals surface area contributed by atoms with Gasteiger partial charge in [-0.15, -0.1) is 0 Å². The number of ether oxygens (including phenoxy) is 2. The van der Waals surface area contributed by atoms with Gasteiger partial charge in [-0.05, 0) is 6.07 Å². The molecule has 19 heavy (non-hydrogen) atoms. The van der Waals surface area contributed by atoms with E-state index in [4.69, 9.17) is 9.47 Å². The monoisotopic (exact) mass is 267 g/mol. The third kappa shape index (κ3) is 3.18. The van der Waals surface area contributed by atoms with Crippen LogP contribution in [0.15, 0.2) is 18.3 Å². The van der Waals surface area contributed by atoms with E-state index in [0.717, 1.165) is 12.8 Å². The molecule has 1 aromatic heterocycles. The summed E-state index contributed by atoms with van der Waals surface area (Å²) in [4.78, 5) is 14.5. The Labute approximate surface area is 111 Å². The zero-order chi connectivity index (χ0) is 13.7. The van der Waals surface area contributed by atoms with Gasteiger partial charge in [-0.2, -0.15) is 0 Å². The van der Waals surface area contributed by atoms with Gasteiger partial charge in [0.2, 0.25) is 5.82 Å². The summed E-state index contributed by atoms with van der Waals surface area (Å²) < 4.78 is 10.9. The summed E-state index contributed by atoms with van der Waals surface area (Å²) in [5, 5.41) is 13.9. The molecule has 0 atom stereocenters. The molecule has 0 radical (unpaired) electrons. The van der Waals surface area contributed by atoms with Crippen LogP contribution in [0.2, 0.25) is 0 Å². The average molecular weight is 267 g/mol. The van der Waals surface area contributed by atoms with Crippen molar-refractivity contribution in [2.24, 2.45) is 0 Å². The second-order valence-electron chi connectivity index (χ2n) is 4.48. The topological polar surface area (TPSA) is 86.5 Å². The zero-order valence-electron chi connectivity index (χ0n) is 10.8. The lowest BCUT2D eigenvalue weighted by Crippen LogP contribution is -2.44. The zero-order valence-corrected chi connectivity index (χ0v) is 10.8. The second-order valence-corrected chi connectivity index (χ2v) is 4.48. The normalized spacial score (nSPS) is 17.9. The molecule has 1 saturated heterocycles. The molecule has 7 heteroatoms. The Balaban J connectivity index is 2.07. The van der Waals surface area contributed by atoms with E-state index in [2.05, 4.69) is 10.3 Å². The minimum Gasteiger partial charge on any atom is -0.381 e. The van der Waals surface area contributed by atoms with E-state index in [1.807, 2.05) is 0 Å². The number of hydrogen-bond donors (Lipinski definition) is 1. The van der Waals surface area contributed by atoms with Crippen LogP contribution in [0, 0.1) is 10.1 Å². The molecule has 0 aromatic carbocycles. The Morgan fingerprint density at radius 3 is 2.95 bits per heavy atom. The van der Waals surface area contributed by atoms with Gasteiger partial charge in [0, 0.05) is 52.0 Å². The van der Waals surface area contributed by atoms with Gasteiger partial charge < -0.3 is 14.8 Å². The van der Waals surface area contributed by atoms with Gasteiger partial charge in [0.15, 0.2) is 0 Å². The fourth-order valence-electron chi connectivity index (χ4n) is 2.12. The molecule has 1 fully saturated rings. The summed E-state index contributed by atoms with van der Waals surface area (Å²) in [5.74, 6) is 0.274. The maximum atomic E-state index is 10.9. The summed E-state index contributed by atoms with van der Waals surface area (Å²) in [7, 11) is 1.65. The SMILES string of the molecule is COC1(CNc2ncccc2[N+](=O)[O-])CCOCC1. The van der Waals surface area contributed by atoms with Crippen LogP contribution in [-0.2, 0) is 9.47 Å². The number of aromatic nitrogens is 1. The van der Waals surface area contributed by atoms with Gasteiger partial charge >= 0.3 is 5.69 Å². The van der Waals surface area contributed by atoms with Gasteiger partial charge in [-0.3, -0.25) is 10.1 Å². The highest BCUT2D eigenvalue weighted by atomic mass is 16.6. The van der Waals surface area contributed by atoms with Crippen molar-refractivity contribution in [2.75, 3.05) is 32.2 Å². The predicted molar refractivity (Wildman–Crippen MR) is 69.2 cm³/mol. The standard InChI is InChI=1S/C12H17N3O4/c1-18-12(4-7-19-8-5-12)9-14-11-10(15(16)17)3-2-6-13-11/h2-3,6H,4-5,7-9H2,1H3,(H,13,14). The molecule has 1 N–H and O–H groups in total. The van der Waals surface area contributed by atoms with E-state index >= 15 is 0 Å². The first-order valence-electron chi connectivity index (χ1n) is 6.13. The Hall–Kier alpha value is -1.73. The molecule has 2 rings (SSSR count). The van der Waals surface area contributed by atoms with Gasteiger partial charge in [0.25, 0.3) is 0 Å². The summed E-state index contributed by atoms with van der Waals surface area (Å²) in [6.45, 7) is 1.75. The van der Waals surface area contributed by atoms with Gasteiger partial charge in [-0.1, -0.05) is 0 Å². The fraction of sp³-hybridized carbons (Fsp3) is 0.583. The molecule has 0 bridgehead atoms. The first kappa shape index (κ1) is 13.7. The minimum atomic E-state index is -0.446. The van der Waals surface area contributed by atoms with E-state index in [-0.39, 0.29) is 17.1 Å². The molecule has 1 aliphatic rings. The lowest BCUT2D eigenvalue weighted by molar-refractivity contribution is -0.384. The molecular weight excluding hydrogens is 250 g/mol. The highest BCUT2D eigenvalue weighted by Gasteiger charge is 2.33. The third-order valence-electron chi connectivity index (χ3n) is 3.40. The number of methoxy groups -OCH3 is 1. The maximum absolute atomic E-state index is 10.9. The number of nitrogens with one attached hydrogen (secondary N) is 1. The highest BCUT2D eigenvalue weighted by Crippen LogP contribution is 2.27. The van der Waals surface area contributed by atoms with Crippen molar-refractivity contribution >= 4 is 11.5 Å². The van der Waals surface area contributed by atoms with Crippen LogP contribution in [0.5, 0.6) is 0 Å². The first-order chi connectivity index (χ1) is 9.17. The van der Waals surface area contributed by atoms with Crippen molar-refractivity contribution < 1.29 is 14.4 Å². The van der Waals surface area contributed by atoms with E-state index < -0.39 is 4.92 Å². The summed E-state index contributed by atoms with van der Waals surface area (Å²) in [6, 6.07) is 2.97. The molecular formula is C12H17N3O4. The van der Waals surface area contributed by atoms with Crippen molar-refractivity contribution in [1.29, 1.82) is 0 Å². The summed E-state index contributed by atoms with van der Waals surface area (Å²) >= 11 is 0. The largest absolute Gasteiger partial charge is 0.381 e. The number of nitro groups is 1. The number of pyridine rings is 1.